The van der Waals surface area contributed by atoms with Crippen molar-refractivity contribution in [3.05, 3.63) is 53.8 Å². The molecule has 0 aliphatic carbocycles. The number of anilines is 1. The molecule has 0 aromatic heterocycles. The van der Waals surface area contributed by atoms with Gasteiger partial charge in [0.1, 0.15) is 0 Å². The van der Waals surface area contributed by atoms with E-state index in [1.165, 1.54) is 19.2 Å². The number of nitrogen functional groups attached to an aromatic ring is 1. The second-order valence-electron chi connectivity index (χ2n) is 4.00. The third-order valence-electron chi connectivity index (χ3n) is 2.68. The van der Waals surface area contributed by atoms with Crippen LogP contribution in [0.3, 0.4) is 0 Å². The van der Waals surface area contributed by atoms with Gasteiger partial charge in [-0.05, 0) is 29.8 Å². The predicted molar refractivity (Wildman–Crippen MR) is 73.9 cm³/mol. The summed E-state index contributed by atoms with van der Waals surface area (Å²) < 4.78 is 30.5. The van der Waals surface area contributed by atoms with Gasteiger partial charge in [-0.15, -0.1) is 0 Å². The van der Waals surface area contributed by atoms with Gasteiger partial charge >= 0.3 is 0 Å². The van der Waals surface area contributed by atoms with E-state index in [-0.39, 0.29) is 11.5 Å². The SMILES string of the molecule is COc1ccc(CS(=O)c2ccccc2N)cc1F. The number of methoxy groups -OCH3 is 1. The van der Waals surface area contributed by atoms with Crippen LogP contribution in [0.2, 0.25) is 0 Å². The Kier molecular flexibility index (Phi) is 4.16. The van der Waals surface area contributed by atoms with Crippen molar-refractivity contribution < 1.29 is 13.3 Å². The van der Waals surface area contributed by atoms with Crippen molar-refractivity contribution in [2.24, 2.45) is 0 Å². The summed E-state index contributed by atoms with van der Waals surface area (Å²) in [6.07, 6.45) is 0. The van der Waals surface area contributed by atoms with Gasteiger partial charge in [-0.1, -0.05) is 18.2 Å². The maximum atomic E-state index is 13.5. The van der Waals surface area contributed by atoms with Crippen LogP contribution in [0, 0.1) is 5.82 Å². The van der Waals surface area contributed by atoms with Crippen LogP contribution >= 0.6 is 0 Å². The van der Waals surface area contributed by atoms with Gasteiger partial charge in [-0.3, -0.25) is 4.21 Å². The molecule has 19 heavy (non-hydrogen) atoms. The zero-order valence-corrected chi connectivity index (χ0v) is 11.2. The predicted octanol–water partition coefficient (Wildman–Crippen LogP) is 2.72. The number of ether oxygens (including phenoxy) is 1. The Hall–Kier alpha value is -1.88. The van der Waals surface area contributed by atoms with E-state index in [1.807, 2.05) is 0 Å². The lowest BCUT2D eigenvalue weighted by atomic mass is 10.2. The second kappa shape index (κ2) is 5.84. The minimum absolute atomic E-state index is 0.175. The summed E-state index contributed by atoms with van der Waals surface area (Å²) in [5, 5.41) is 0. The molecule has 2 N–H and O–H groups in total. The lowest BCUT2D eigenvalue weighted by molar-refractivity contribution is 0.386. The molecule has 0 fully saturated rings. The number of hydrogen-bond donors (Lipinski definition) is 1. The lowest BCUT2D eigenvalue weighted by Crippen LogP contribution is -2.01. The van der Waals surface area contributed by atoms with Gasteiger partial charge in [-0.2, -0.15) is 0 Å². The minimum atomic E-state index is -1.30. The molecule has 0 aliphatic heterocycles. The molecule has 0 bridgehead atoms. The summed E-state index contributed by atoms with van der Waals surface area (Å²) in [5.74, 6) is -0.0680. The largest absolute Gasteiger partial charge is 0.494 e. The molecular formula is C14H14FNO2S. The van der Waals surface area contributed by atoms with E-state index in [9.17, 15) is 8.60 Å². The van der Waals surface area contributed by atoms with Crippen molar-refractivity contribution in [3.8, 4) is 5.75 Å². The quantitative estimate of drug-likeness (QED) is 0.875. The Morgan fingerprint density at radius 3 is 2.63 bits per heavy atom. The smallest absolute Gasteiger partial charge is 0.165 e. The molecule has 3 nitrogen and oxygen atoms in total. The number of rotatable bonds is 4. The minimum Gasteiger partial charge on any atom is -0.494 e. The van der Waals surface area contributed by atoms with Crippen molar-refractivity contribution in [2.45, 2.75) is 10.6 Å². The van der Waals surface area contributed by atoms with Crippen molar-refractivity contribution in [3.63, 3.8) is 0 Å². The first-order chi connectivity index (χ1) is 9.11. The molecule has 0 radical (unpaired) electrons. The molecule has 0 amide bonds. The van der Waals surface area contributed by atoms with E-state index in [0.29, 0.717) is 16.1 Å². The van der Waals surface area contributed by atoms with Crippen molar-refractivity contribution in [1.29, 1.82) is 0 Å². The van der Waals surface area contributed by atoms with E-state index in [1.54, 1.807) is 30.3 Å². The van der Waals surface area contributed by atoms with E-state index >= 15 is 0 Å². The average Bonchev–Trinajstić information content (AvgIpc) is 2.39. The van der Waals surface area contributed by atoms with Gasteiger partial charge in [0.25, 0.3) is 0 Å². The van der Waals surface area contributed by atoms with Crippen molar-refractivity contribution in [2.75, 3.05) is 12.8 Å². The van der Waals surface area contributed by atoms with Crippen LogP contribution in [0.15, 0.2) is 47.4 Å². The number of para-hydroxylation sites is 1. The summed E-state index contributed by atoms with van der Waals surface area (Å²) in [6.45, 7) is 0. The highest BCUT2D eigenvalue weighted by Gasteiger charge is 2.10. The highest BCUT2D eigenvalue weighted by Crippen LogP contribution is 2.22. The molecule has 2 aromatic carbocycles. The Balaban J connectivity index is 2.20. The van der Waals surface area contributed by atoms with Crippen LogP contribution in [0.4, 0.5) is 10.1 Å². The number of benzene rings is 2. The van der Waals surface area contributed by atoms with Gasteiger partial charge in [0.15, 0.2) is 11.6 Å². The van der Waals surface area contributed by atoms with E-state index in [2.05, 4.69) is 0 Å². The lowest BCUT2D eigenvalue weighted by Gasteiger charge is -2.07. The Bertz CT molecular complexity index is 616. The average molecular weight is 279 g/mol. The monoisotopic (exact) mass is 279 g/mol. The Morgan fingerprint density at radius 1 is 1.26 bits per heavy atom. The zero-order valence-electron chi connectivity index (χ0n) is 10.4. The molecule has 2 rings (SSSR count). The standard InChI is InChI=1S/C14H14FNO2S/c1-18-13-7-6-10(8-11(13)15)9-19(17)14-5-3-2-4-12(14)16/h2-8H,9,16H2,1H3. The van der Waals surface area contributed by atoms with Crippen LogP contribution in [0.1, 0.15) is 5.56 Å². The molecule has 0 spiro atoms. The van der Waals surface area contributed by atoms with Gasteiger partial charge in [0, 0.05) is 5.69 Å². The molecule has 0 saturated carbocycles. The van der Waals surface area contributed by atoms with Crippen molar-refractivity contribution >= 4 is 16.5 Å². The number of halogens is 1. The summed E-state index contributed by atoms with van der Waals surface area (Å²) in [7, 11) is 0.108. The number of hydrogen-bond acceptors (Lipinski definition) is 3. The molecule has 2 aromatic rings. The zero-order chi connectivity index (χ0) is 13.8. The normalized spacial score (nSPS) is 12.1. The first-order valence-electron chi connectivity index (χ1n) is 5.67. The van der Waals surface area contributed by atoms with Crippen LogP contribution in [0.5, 0.6) is 5.75 Å². The summed E-state index contributed by atoms with van der Waals surface area (Å²) in [6, 6.07) is 11.5. The van der Waals surface area contributed by atoms with Crippen LogP contribution in [-0.4, -0.2) is 11.3 Å². The molecule has 1 unspecified atom stereocenters. The van der Waals surface area contributed by atoms with E-state index in [4.69, 9.17) is 10.5 Å². The highest BCUT2D eigenvalue weighted by molar-refractivity contribution is 7.84. The van der Waals surface area contributed by atoms with Crippen LogP contribution in [0.25, 0.3) is 0 Å². The molecule has 0 aliphatic rings. The molecular weight excluding hydrogens is 265 g/mol. The first-order valence-corrected chi connectivity index (χ1v) is 6.99. The third kappa shape index (κ3) is 3.12. The fourth-order valence-corrected chi connectivity index (χ4v) is 2.92. The van der Waals surface area contributed by atoms with Crippen molar-refractivity contribution in [1.82, 2.24) is 0 Å². The van der Waals surface area contributed by atoms with Crippen LogP contribution in [-0.2, 0) is 16.6 Å². The first kappa shape index (κ1) is 13.5. The summed E-state index contributed by atoms with van der Waals surface area (Å²) >= 11 is 0. The van der Waals surface area contributed by atoms with Gasteiger partial charge in [-0.25, -0.2) is 4.39 Å². The highest BCUT2D eigenvalue weighted by atomic mass is 32.2. The second-order valence-corrected chi connectivity index (χ2v) is 5.42. The molecule has 5 heteroatoms. The fraction of sp³-hybridized carbons (Fsp3) is 0.143. The maximum absolute atomic E-state index is 13.5. The Labute approximate surface area is 113 Å². The molecule has 0 saturated heterocycles. The molecule has 100 valence electrons. The molecule has 0 heterocycles. The van der Waals surface area contributed by atoms with Gasteiger partial charge < -0.3 is 10.5 Å². The number of nitrogens with two attached hydrogens (primary N) is 1. The summed E-state index contributed by atoms with van der Waals surface area (Å²) in [4.78, 5) is 0.568. The van der Waals surface area contributed by atoms with E-state index < -0.39 is 16.6 Å². The summed E-state index contributed by atoms with van der Waals surface area (Å²) in [5.41, 5.74) is 6.88. The Morgan fingerprint density at radius 2 is 2.00 bits per heavy atom. The molecule has 1 atom stereocenters. The topological polar surface area (TPSA) is 52.3 Å². The fourth-order valence-electron chi connectivity index (χ4n) is 1.72. The van der Waals surface area contributed by atoms with Gasteiger partial charge in [0.05, 0.1) is 28.6 Å². The maximum Gasteiger partial charge on any atom is 0.165 e. The van der Waals surface area contributed by atoms with E-state index in [0.717, 1.165) is 0 Å². The van der Waals surface area contributed by atoms with Gasteiger partial charge in [0.2, 0.25) is 0 Å². The van der Waals surface area contributed by atoms with Crippen LogP contribution < -0.4 is 10.5 Å². The third-order valence-corrected chi connectivity index (χ3v) is 4.14.